The Balaban J connectivity index is 1.36. The summed E-state index contributed by atoms with van der Waals surface area (Å²) < 4.78 is 5.76. The van der Waals surface area contributed by atoms with Gasteiger partial charge < -0.3 is 36.2 Å². The number of hydrogen-bond donors (Lipinski definition) is 6. The maximum absolute atomic E-state index is 13.6. The Morgan fingerprint density at radius 3 is 2.40 bits per heavy atom. The third-order valence-corrected chi connectivity index (χ3v) is 8.93. The van der Waals surface area contributed by atoms with E-state index in [0.29, 0.717) is 23.4 Å². The number of benzene rings is 2. The first kappa shape index (κ1) is 26.1. The number of rotatable bonds is 5. The highest BCUT2D eigenvalue weighted by Gasteiger charge is 2.60. The van der Waals surface area contributed by atoms with E-state index in [9.17, 15) is 34.8 Å². The number of carbonyl (C=O) groups excluding carboxylic acids is 3. The minimum atomic E-state index is -2.59. The van der Waals surface area contributed by atoms with Crippen LogP contribution in [0.25, 0.3) is 5.76 Å². The second-order valence-electron chi connectivity index (χ2n) is 11.1. The Morgan fingerprint density at radius 2 is 1.77 bits per heavy atom. The molecule has 3 atom stereocenters. The second-order valence-corrected chi connectivity index (χ2v) is 11.1. The summed E-state index contributed by atoms with van der Waals surface area (Å²) in [5, 5.41) is 47.9. The number of amides is 1. The number of aliphatic hydroxyl groups is 3. The molecular formula is C30H30N2O8. The van der Waals surface area contributed by atoms with E-state index in [0.717, 1.165) is 12.8 Å². The lowest BCUT2D eigenvalue weighted by Gasteiger charge is -2.46. The minimum Gasteiger partial charge on any atom is -0.508 e. The number of methoxy groups -OCH3 is 1. The molecule has 0 radical (unpaired) electrons. The molecule has 4 aliphatic carbocycles. The number of ketones is 2. The molecule has 0 heterocycles. The van der Waals surface area contributed by atoms with Gasteiger partial charge in [0.05, 0.1) is 12.7 Å². The van der Waals surface area contributed by atoms with E-state index in [4.69, 9.17) is 10.5 Å². The molecule has 0 spiro atoms. The average Bonchev–Trinajstić information content (AvgIpc) is 3.32. The summed E-state index contributed by atoms with van der Waals surface area (Å²) in [7, 11) is 1.50. The van der Waals surface area contributed by atoms with Crippen LogP contribution in [0.3, 0.4) is 0 Å². The molecule has 2 aromatic carbocycles. The predicted octanol–water partition coefficient (Wildman–Crippen LogP) is 1.69. The van der Waals surface area contributed by atoms with Gasteiger partial charge in [0, 0.05) is 41.6 Å². The SMILES string of the molecule is COc1c(CNC2Cc3ccccc3C2)cc(O)c2c1CC1C[C@H]3CC(=O)C(C(N)=O)=C(O)[C@@]3(O)C(=O)C1=C2O. The number of fused-ring (bicyclic) bond motifs is 4. The second kappa shape index (κ2) is 9.21. The zero-order valence-corrected chi connectivity index (χ0v) is 21.9. The van der Waals surface area contributed by atoms with Crippen molar-refractivity contribution >= 4 is 23.2 Å². The standard InChI is InChI=1S/C30H30N2O8/c1-40-26-16(12-32-18-7-13-4-2-3-5-14(13)8-18)10-20(33)23-19(26)9-15-6-17-11-21(34)24(29(31)38)28(37)30(17,39)27(36)22(15)25(23)35/h2-5,10,15,17-18,32-33,35,37,39H,6-9,11-12H2,1H3,(H2,31,38)/t15?,17-,30-/m0/s1. The van der Waals surface area contributed by atoms with Crippen LogP contribution in [0.5, 0.6) is 11.5 Å². The highest BCUT2D eigenvalue weighted by molar-refractivity contribution is 6.22. The summed E-state index contributed by atoms with van der Waals surface area (Å²) in [6, 6.07) is 9.97. The Labute approximate surface area is 229 Å². The van der Waals surface area contributed by atoms with E-state index >= 15 is 0 Å². The Morgan fingerprint density at radius 1 is 1.10 bits per heavy atom. The number of aromatic hydroxyl groups is 1. The van der Waals surface area contributed by atoms with Gasteiger partial charge in [0.25, 0.3) is 5.91 Å². The van der Waals surface area contributed by atoms with Gasteiger partial charge in [0.2, 0.25) is 5.78 Å². The van der Waals surface area contributed by atoms with Gasteiger partial charge in [0.15, 0.2) is 11.4 Å². The van der Waals surface area contributed by atoms with E-state index in [1.807, 2.05) is 12.1 Å². The highest BCUT2D eigenvalue weighted by atomic mass is 16.5. The van der Waals surface area contributed by atoms with Crippen LogP contribution in [0.2, 0.25) is 0 Å². The van der Waals surface area contributed by atoms with Crippen LogP contribution < -0.4 is 15.8 Å². The molecule has 2 aromatic rings. The number of Topliss-reactive ketones (excluding diaryl/α,β-unsaturated/α-hetero) is 2. The molecule has 0 aromatic heterocycles. The monoisotopic (exact) mass is 546 g/mol. The highest BCUT2D eigenvalue weighted by Crippen LogP contribution is 2.53. The zero-order chi connectivity index (χ0) is 28.5. The van der Waals surface area contributed by atoms with Crippen molar-refractivity contribution < 1.29 is 39.5 Å². The van der Waals surface area contributed by atoms with Crippen molar-refractivity contribution in [2.24, 2.45) is 17.6 Å². The molecule has 10 nitrogen and oxygen atoms in total. The van der Waals surface area contributed by atoms with Crippen molar-refractivity contribution in [2.75, 3.05) is 7.11 Å². The molecule has 0 saturated heterocycles. The molecule has 0 aliphatic heterocycles. The van der Waals surface area contributed by atoms with Crippen LogP contribution in [-0.4, -0.2) is 56.7 Å². The van der Waals surface area contributed by atoms with E-state index in [1.165, 1.54) is 24.3 Å². The van der Waals surface area contributed by atoms with Gasteiger partial charge in [-0.15, -0.1) is 0 Å². The summed E-state index contributed by atoms with van der Waals surface area (Å²) in [5.74, 6) is -6.08. The van der Waals surface area contributed by atoms with Gasteiger partial charge in [-0.25, -0.2) is 0 Å². The first-order valence-corrected chi connectivity index (χ1v) is 13.2. The number of nitrogens with two attached hydrogens (primary N) is 1. The molecule has 10 heteroatoms. The summed E-state index contributed by atoms with van der Waals surface area (Å²) in [6.45, 7) is 0.398. The van der Waals surface area contributed by atoms with Gasteiger partial charge >= 0.3 is 0 Å². The van der Waals surface area contributed by atoms with E-state index in [2.05, 4.69) is 17.4 Å². The van der Waals surface area contributed by atoms with Crippen LogP contribution in [0, 0.1) is 11.8 Å². The number of phenolic OH excluding ortho intramolecular Hbond substituents is 1. The summed E-state index contributed by atoms with van der Waals surface area (Å²) in [4.78, 5) is 38.0. The van der Waals surface area contributed by atoms with Gasteiger partial charge in [-0.1, -0.05) is 24.3 Å². The first-order chi connectivity index (χ1) is 19.1. The molecular weight excluding hydrogens is 516 g/mol. The summed E-state index contributed by atoms with van der Waals surface area (Å²) in [5.41, 5.74) is 5.47. The lowest BCUT2D eigenvalue weighted by Crippen LogP contribution is -2.58. The van der Waals surface area contributed by atoms with Crippen LogP contribution in [0.4, 0.5) is 0 Å². The third-order valence-electron chi connectivity index (χ3n) is 8.93. The smallest absolute Gasteiger partial charge is 0.255 e. The lowest BCUT2D eigenvalue weighted by molar-refractivity contribution is -0.147. The van der Waals surface area contributed by atoms with Crippen molar-refractivity contribution in [1.29, 1.82) is 0 Å². The van der Waals surface area contributed by atoms with Gasteiger partial charge in [-0.3, -0.25) is 14.4 Å². The van der Waals surface area contributed by atoms with Crippen LogP contribution >= 0.6 is 0 Å². The molecule has 208 valence electrons. The van der Waals surface area contributed by atoms with Crippen molar-refractivity contribution in [1.82, 2.24) is 5.32 Å². The Bertz CT molecular complexity index is 1530. The average molecular weight is 547 g/mol. The van der Waals surface area contributed by atoms with Crippen molar-refractivity contribution in [3.8, 4) is 11.5 Å². The molecule has 1 saturated carbocycles. The molecule has 1 unspecified atom stereocenters. The minimum absolute atomic E-state index is 0.0148. The lowest BCUT2D eigenvalue weighted by atomic mass is 9.59. The zero-order valence-electron chi connectivity index (χ0n) is 21.9. The summed E-state index contributed by atoms with van der Waals surface area (Å²) >= 11 is 0. The molecule has 1 amide bonds. The fourth-order valence-corrected chi connectivity index (χ4v) is 7.08. The topological polar surface area (TPSA) is 179 Å². The largest absolute Gasteiger partial charge is 0.508 e. The Hall–Kier alpha value is -4.15. The quantitative estimate of drug-likeness (QED) is 0.304. The molecule has 40 heavy (non-hydrogen) atoms. The molecule has 7 N–H and O–H groups in total. The molecule has 4 aliphatic rings. The van der Waals surface area contributed by atoms with E-state index in [1.54, 1.807) is 0 Å². The number of primary amides is 1. The Kier molecular flexibility index (Phi) is 6.01. The van der Waals surface area contributed by atoms with Crippen molar-refractivity contribution in [3.05, 3.63) is 75.1 Å². The number of aliphatic hydroxyl groups excluding tert-OH is 2. The fourth-order valence-electron chi connectivity index (χ4n) is 7.08. The predicted molar refractivity (Wildman–Crippen MR) is 142 cm³/mol. The third kappa shape index (κ3) is 3.66. The number of ether oxygens (including phenoxy) is 1. The molecule has 0 bridgehead atoms. The van der Waals surface area contributed by atoms with E-state index in [-0.39, 0.29) is 42.2 Å². The normalized spacial score (nSPS) is 25.9. The maximum atomic E-state index is 13.6. The van der Waals surface area contributed by atoms with Crippen LogP contribution in [0.1, 0.15) is 40.7 Å². The van der Waals surface area contributed by atoms with Crippen molar-refractivity contribution in [3.63, 3.8) is 0 Å². The number of carbonyl (C=O) groups is 3. The van der Waals surface area contributed by atoms with Gasteiger partial charge in [0.1, 0.15) is 28.6 Å². The van der Waals surface area contributed by atoms with Crippen LogP contribution in [0.15, 0.2) is 47.2 Å². The fraction of sp³-hybridized carbons (Fsp3) is 0.367. The maximum Gasteiger partial charge on any atom is 0.255 e. The van der Waals surface area contributed by atoms with Gasteiger partial charge in [-0.2, -0.15) is 0 Å². The number of hydrogen-bond acceptors (Lipinski definition) is 9. The van der Waals surface area contributed by atoms with Crippen LogP contribution in [-0.2, 0) is 40.2 Å². The number of phenols is 1. The summed E-state index contributed by atoms with van der Waals surface area (Å²) in [6.07, 6.45) is 1.66. The first-order valence-electron chi connectivity index (χ1n) is 13.2. The molecule has 1 fully saturated rings. The molecule has 6 rings (SSSR count). The van der Waals surface area contributed by atoms with Crippen molar-refractivity contribution in [2.45, 2.75) is 50.3 Å². The number of nitrogens with one attached hydrogen (secondary N) is 1. The van der Waals surface area contributed by atoms with Gasteiger partial charge in [-0.05, 0) is 48.8 Å². The van der Waals surface area contributed by atoms with E-state index < -0.39 is 52.0 Å².